The summed E-state index contributed by atoms with van der Waals surface area (Å²) >= 11 is 0. The van der Waals surface area contributed by atoms with Crippen molar-refractivity contribution in [3.63, 3.8) is 0 Å². The van der Waals surface area contributed by atoms with Gasteiger partial charge in [0.15, 0.2) is 0 Å². The third-order valence-electron chi connectivity index (χ3n) is 6.37. The molecule has 0 bridgehead atoms. The van der Waals surface area contributed by atoms with Crippen molar-refractivity contribution in [3.8, 4) is 0 Å². The van der Waals surface area contributed by atoms with Crippen LogP contribution < -0.4 is 16.0 Å². The zero-order valence-corrected chi connectivity index (χ0v) is 19.5. The van der Waals surface area contributed by atoms with Crippen molar-refractivity contribution in [2.24, 2.45) is 0 Å². The van der Waals surface area contributed by atoms with E-state index in [0.717, 1.165) is 63.1 Å². The smallest absolute Gasteiger partial charge is 0.315 e. The number of nitrogens with zero attached hydrogens (tertiary/aromatic N) is 2. The zero-order valence-electron chi connectivity index (χ0n) is 19.5. The number of carbonyl (C=O) groups excluding carboxylic acids is 3. The maximum Gasteiger partial charge on any atom is 0.315 e. The Labute approximate surface area is 200 Å². The first-order chi connectivity index (χ1) is 16.6. The molecule has 4 rings (SSSR count). The van der Waals surface area contributed by atoms with Crippen molar-refractivity contribution in [1.29, 1.82) is 0 Å². The highest BCUT2D eigenvalue weighted by molar-refractivity contribution is 5.94. The van der Waals surface area contributed by atoms with Gasteiger partial charge >= 0.3 is 6.03 Å². The highest BCUT2D eigenvalue weighted by atomic mass is 16.2. The minimum Gasteiger partial charge on any atom is -0.339 e. The van der Waals surface area contributed by atoms with Crippen LogP contribution in [0, 0.1) is 0 Å². The van der Waals surface area contributed by atoms with Crippen molar-refractivity contribution < 1.29 is 14.4 Å². The summed E-state index contributed by atoms with van der Waals surface area (Å²) in [7, 11) is 0. The molecule has 4 amide bonds. The molecule has 2 aromatic rings. The van der Waals surface area contributed by atoms with E-state index in [2.05, 4.69) is 20.9 Å². The summed E-state index contributed by atoms with van der Waals surface area (Å²) in [6.07, 6.45) is 3.72. The van der Waals surface area contributed by atoms with Crippen LogP contribution in [-0.4, -0.2) is 66.4 Å². The Morgan fingerprint density at radius 1 is 0.882 bits per heavy atom. The fourth-order valence-corrected chi connectivity index (χ4v) is 4.50. The van der Waals surface area contributed by atoms with Crippen LogP contribution in [0.3, 0.4) is 0 Å². The highest BCUT2D eigenvalue weighted by Gasteiger charge is 2.22. The number of likely N-dealkylation sites (tertiary alicyclic amines) is 2. The Kier molecular flexibility index (Phi) is 8.14. The first kappa shape index (κ1) is 23.8. The van der Waals surface area contributed by atoms with Gasteiger partial charge in [-0.2, -0.15) is 0 Å². The van der Waals surface area contributed by atoms with Gasteiger partial charge < -0.3 is 20.9 Å². The topological polar surface area (TPSA) is 93.8 Å². The predicted molar refractivity (Wildman–Crippen MR) is 131 cm³/mol. The van der Waals surface area contributed by atoms with Gasteiger partial charge in [0.1, 0.15) is 0 Å². The number of urea groups is 1. The van der Waals surface area contributed by atoms with E-state index < -0.39 is 0 Å². The number of hydrogen-bond acceptors (Lipinski definition) is 4. The second-order valence-electron chi connectivity index (χ2n) is 8.99. The van der Waals surface area contributed by atoms with Gasteiger partial charge in [-0.3, -0.25) is 14.5 Å². The lowest BCUT2D eigenvalue weighted by molar-refractivity contribution is -0.117. The molecule has 0 saturated carbocycles. The molecule has 0 aliphatic carbocycles. The van der Waals surface area contributed by atoms with Gasteiger partial charge in [0.25, 0.3) is 5.91 Å². The molecule has 2 aromatic carbocycles. The Hall–Kier alpha value is -3.39. The summed E-state index contributed by atoms with van der Waals surface area (Å²) in [5, 5.41) is 8.84. The van der Waals surface area contributed by atoms with Crippen molar-refractivity contribution in [1.82, 2.24) is 20.4 Å². The van der Waals surface area contributed by atoms with Gasteiger partial charge in [0.2, 0.25) is 5.91 Å². The number of benzene rings is 2. The normalized spacial score (nSPS) is 16.8. The Morgan fingerprint density at radius 3 is 2.35 bits per heavy atom. The van der Waals surface area contributed by atoms with Crippen LogP contribution in [0.2, 0.25) is 0 Å². The number of para-hydroxylation sites is 1. The van der Waals surface area contributed by atoms with Gasteiger partial charge in [-0.15, -0.1) is 0 Å². The van der Waals surface area contributed by atoms with Crippen molar-refractivity contribution >= 4 is 23.5 Å². The third-order valence-corrected chi connectivity index (χ3v) is 6.37. The van der Waals surface area contributed by atoms with E-state index in [1.165, 1.54) is 0 Å². The number of carbonyl (C=O) groups is 3. The molecular weight excluding hydrogens is 430 g/mol. The quantitative estimate of drug-likeness (QED) is 0.589. The Morgan fingerprint density at radius 2 is 1.62 bits per heavy atom. The lowest BCUT2D eigenvalue weighted by Gasteiger charge is -2.31. The number of amides is 4. The van der Waals surface area contributed by atoms with Gasteiger partial charge in [-0.25, -0.2) is 4.79 Å². The van der Waals surface area contributed by atoms with Crippen molar-refractivity contribution in [2.75, 3.05) is 38.0 Å². The van der Waals surface area contributed by atoms with E-state index in [-0.39, 0.29) is 23.9 Å². The molecule has 2 aliphatic heterocycles. The summed E-state index contributed by atoms with van der Waals surface area (Å²) in [6, 6.07) is 16.8. The summed E-state index contributed by atoms with van der Waals surface area (Å²) < 4.78 is 0. The molecule has 2 heterocycles. The SMILES string of the molecule is O=C(CN1CCC(NC(=O)NCc2cccc(C(=O)N3CCCC3)c2)CC1)Nc1ccccc1. The number of hydrogen-bond donors (Lipinski definition) is 3. The van der Waals surface area contributed by atoms with Crippen LogP contribution in [0.25, 0.3) is 0 Å². The van der Waals surface area contributed by atoms with E-state index in [1.807, 2.05) is 59.5 Å². The predicted octanol–water partition coefficient (Wildman–Crippen LogP) is 2.82. The molecule has 0 aromatic heterocycles. The summed E-state index contributed by atoms with van der Waals surface area (Å²) in [5.41, 5.74) is 2.37. The number of anilines is 1. The summed E-state index contributed by atoms with van der Waals surface area (Å²) in [4.78, 5) is 41.2. The van der Waals surface area contributed by atoms with E-state index in [9.17, 15) is 14.4 Å². The number of rotatable bonds is 7. The maximum absolute atomic E-state index is 12.6. The molecular formula is C26H33N5O3. The van der Waals surface area contributed by atoms with Gasteiger partial charge in [-0.1, -0.05) is 30.3 Å². The molecule has 0 unspecified atom stereocenters. The van der Waals surface area contributed by atoms with E-state index in [0.29, 0.717) is 18.7 Å². The highest BCUT2D eigenvalue weighted by Crippen LogP contribution is 2.15. The van der Waals surface area contributed by atoms with Crippen LogP contribution >= 0.6 is 0 Å². The summed E-state index contributed by atoms with van der Waals surface area (Å²) in [6.45, 7) is 3.87. The number of piperidine rings is 1. The molecule has 2 aliphatic rings. The van der Waals surface area contributed by atoms with E-state index in [4.69, 9.17) is 0 Å². The van der Waals surface area contributed by atoms with Crippen LogP contribution in [0.1, 0.15) is 41.6 Å². The molecule has 0 spiro atoms. The Bertz CT molecular complexity index is 983. The zero-order chi connectivity index (χ0) is 23.8. The minimum atomic E-state index is -0.212. The second kappa shape index (κ2) is 11.7. The maximum atomic E-state index is 12.6. The molecule has 3 N–H and O–H groups in total. The van der Waals surface area contributed by atoms with Crippen LogP contribution in [0.4, 0.5) is 10.5 Å². The molecule has 8 nitrogen and oxygen atoms in total. The largest absolute Gasteiger partial charge is 0.339 e. The lowest BCUT2D eigenvalue weighted by atomic mass is 10.1. The van der Waals surface area contributed by atoms with Gasteiger partial charge in [0, 0.05) is 50.0 Å². The molecule has 2 fully saturated rings. The van der Waals surface area contributed by atoms with E-state index >= 15 is 0 Å². The standard InChI is InChI=1S/C26H33N5O3/c32-24(28-22-9-2-1-3-10-22)19-30-15-11-23(12-16-30)29-26(34)27-18-20-7-6-8-21(17-20)25(33)31-13-4-5-14-31/h1-3,6-10,17,23H,4-5,11-16,18-19H2,(H,28,32)(H2,27,29,34). The van der Waals surface area contributed by atoms with Gasteiger partial charge in [-0.05, 0) is 55.5 Å². The Balaban J connectivity index is 1.16. The molecule has 34 heavy (non-hydrogen) atoms. The minimum absolute atomic E-state index is 0.0270. The molecule has 0 radical (unpaired) electrons. The lowest BCUT2D eigenvalue weighted by Crippen LogP contribution is -2.48. The average molecular weight is 464 g/mol. The van der Waals surface area contributed by atoms with Gasteiger partial charge in [0.05, 0.1) is 6.54 Å². The van der Waals surface area contributed by atoms with Crippen molar-refractivity contribution in [2.45, 2.75) is 38.3 Å². The second-order valence-corrected chi connectivity index (χ2v) is 8.99. The molecule has 180 valence electrons. The molecule has 2 saturated heterocycles. The van der Waals surface area contributed by atoms with Crippen LogP contribution in [0.5, 0.6) is 0 Å². The fraction of sp³-hybridized carbons (Fsp3) is 0.423. The molecule has 8 heteroatoms. The molecule has 0 atom stereocenters. The first-order valence-electron chi connectivity index (χ1n) is 12.1. The fourth-order valence-electron chi connectivity index (χ4n) is 4.50. The number of nitrogens with one attached hydrogen (secondary N) is 3. The first-order valence-corrected chi connectivity index (χ1v) is 12.1. The third kappa shape index (κ3) is 6.81. The van der Waals surface area contributed by atoms with E-state index in [1.54, 1.807) is 0 Å². The van der Waals surface area contributed by atoms with Crippen LogP contribution in [0.15, 0.2) is 54.6 Å². The van der Waals surface area contributed by atoms with Crippen LogP contribution in [-0.2, 0) is 11.3 Å². The van der Waals surface area contributed by atoms with Crippen molar-refractivity contribution in [3.05, 3.63) is 65.7 Å². The average Bonchev–Trinajstić information content (AvgIpc) is 3.39. The summed E-state index contributed by atoms with van der Waals surface area (Å²) in [5.74, 6) is 0.0359. The monoisotopic (exact) mass is 463 g/mol.